The molecular weight excluding hydrogens is 427 g/mol. The summed E-state index contributed by atoms with van der Waals surface area (Å²) in [5.41, 5.74) is 3.87. The van der Waals surface area contributed by atoms with Crippen molar-refractivity contribution in [1.29, 1.82) is 0 Å². The van der Waals surface area contributed by atoms with E-state index in [1.807, 2.05) is 49.4 Å². The Hall–Kier alpha value is -2.13. The Bertz CT molecular complexity index is 1100. The largest absolute Gasteiger partial charge is 0.459 e. The molecule has 0 spiro atoms. The van der Waals surface area contributed by atoms with Gasteiger partial charge < -0.3 is 19.2 Å². The Labute approximate surface area is 189 Å². The van der Waals surface area contributed by atoms with E-state index >= 15 is 0 Å². The number of allylic oxidation sites excluding steroid dienone is 1. The number of aliphatic hydroxyl groups is 1. The predicted molar refractivity (Wildman–Crippen MR) is 125 cm³/mol. The fourth-order valence-corrected chi connectivity index (χ4v) is 6.93. The van der Waals surface area contributed by atoms with Crippen LogP contribution in [0.1, 0.15) is 49.7 Å². The van der Waals surface area contributed by atoms with Crippen LogP contribution in [0.25, 0.3) is 11.6 Å². The van der Waals surface area contributed by atoms with Crippen LogP contribution in [0.2, 0.25) is 6.32 Å². The van der Waals surface area contributed by atoms with Crippen LogP contribution in [0.4, 0.5) is 0 Å². The summed E-state index contributed by atoms with van der Waals surface area (Å²) in [6.07, 6.45) is 4.40. The molecule has 1 fully saturated rings. The monoisotopic (exact) mass is 456 g/mol. The van der Waals surface area contributed by atoms with E-state index < -0.39 is 28.3 Å². The zero-order chi connectivity index (χ0) is 22.7. The molecule has 2 atom stereocenters. The highest BCUT2D eigenvalue weighted by Crippen LogP contribution is 2.41. The molecule has 32 heavy (non-hydrogen) atoms. The summed E-state index contributed by atoms with van der Waals surface area (Å²) >= 11 is 0. The molecule has 1 saturated heterocycles. The molecule has 8 heteroatoms. The number of hydrogen-bond donors (Lipinski definition) is 2. The van der Waals surface area contributed by atoms with Gasteiger partial charge in [0, 0.05) is 6.32 Å². The first-order valence-electron chi connectivity index (χ1n) is 11.1. The Morgan fingerprint density at radius 2 is 2.00 bits per heavy atom. The lowest BCUT2D eigenvalue weighted by molar-refractivity contribution is 0.171. The van der Waals surface area contributed by atoms with Crippen LogP contribution in [-0.4, -0.2) is 42.8 Å². The van der Waals surface area contributed by atoms with E-state index in [2.05, 4.69) is 0 Å². The number of benzene rings is 1. The topological polar surface area (TPSA) is 97.0 Å². The third kappa shape index (κ3) is 4.93. The van der Waals surface area contributed by atoms with Crippen molar-refractivity contribution in [3.63, 3.8) is 0 Å². The molecule has 170 valence electrons. The van der Waals surface area contributed by atoms with E-state index in [1.165, 1.54) is 0 Å². The van der Waals surface area contributed by atoms with E-state index in [1.54, 1.807) is 6.07 Å². The van der Waals surface area contributed by atoms with Crippen LogP contribution in [0, 0.1) is 0 Å². The molecule has 2 aliphatic rings. The molecule has 0 amide bonds. The van der Waals surface area contributed by atoms with Crippen LogP contribution < -0.4 is 0 Å². The van der Waals surface area contributed by atoms with Crippen molar-refractivity contribution in [2.24, 2.45) is 0 Å². The SMILES string of the molecule is CCCC1=C2[C@@H](CC/C(=C/c3ccc(CO)o3)c3ccccc3)OB(O)C[C@@H]2S(=O)(=O)C1. The third-order valence-electron chi connectivity index (χ3n) is 6.17. The highest BCUT2D eigenvalue weighted by molar-refractivity contribution is 7.92. The van der Waals surface area contributed by atoms with E-state index in [4.69, 9.17) is 9.07 Å². The van der Waals surface area contributed by atoms with Crippen molar-refractivity contribution in [3.05, 3.63) is 70.7 Å². The Balaban J connectivity index is 1.62. The van der Waals surface area contributed by atoms with E-state index in [0.29, 0.717) is 24.4 Å². The first kappa shape index (κ1) is 23.0. The van der Waals surface area contributed by atoms with Gasteiger partial charge >= 0.3 is 7.12 Å². The number of hydrogen-bond acceptors (Lipinski definition) is 6. The summed E-state index contributed by atoms with van der Waals surface area (Å²) < 4.78 is 37.0. The van der Waals surface area contributed by atoms with Crippen LogP contribution in [0.3, 0.4) is 0 Å². The molecule has 6 nitrogen and oxygen atoms in total. The summed E-state index contributed by atoms with van der Waals surface area (Å²) in [5.74, 6) is 1.21. The van der Waals surface area contributed by atoms with Crippen molar-refractivity contribution in [1.82, 2.24) is 0 Å². The number of aliphatic hydroxyl groups excluding tert-OH is 1. The van der Waals surface area contributed by atoms with Gasteiger partial charge in [-0.15, -0.1) is 0 Å². The molecule has 0 aliphatic carbocycles. The quantitative estimate of drug-likeness (QED) is 0.463. The standard InChI is InChI=1S/C24H29BO6S/c1-2-6-19-16-32(28,29)23-14-25(27)31-22(24(19)23)12-9-18(17-7-4-3-5-8-17)13-20-10-11-21(15-26)30-20/h3-5,7-8,10-11,13,22-23,26-27H,2,6,9,12,14-16H2,1H3/b18-13-/t22-,23+/m1/s1. The third-order valence-corrected chi connectivity index (χ3v) is 8.24. The number of furan rings is 1. The van der Waals surface area contributed by atoms with Crippen LogP contribution in [-0.2, 0) is 21.1 Å². The van der Waals surface area contributed by atoms with Gasteiger partial charge in [0.2, 0.25) is 0 Å². The molecule has 0 radical (unpaired) electrons. The van der Waals surface area contributed by atoms with Crippen molar-refractivity contribution >= 4 is 28.6 Å². The second-order valence-corrected chi connectivity index (χ2v) is 10.6. The maximum atomic E-state index is 12.8. The molecule has 0 saturated carbocycles. The summed E-state index contributed by atoms with van der Waals surface area (Å²) in [6, 6.07) is 13.5. The Morgan fingerprint density at radius 1 is 1.22 bits per heavy atom. The minimum atomic E-state index is -3.29. The zero-order valence-electron chi connectivity index (χ0n) is 18.2. The van der Waals surface area contributed by atoms with Crippen molar-refractivity contribution in [3.8, 4) is 0 Å². The second kappa shape index (κ2) is 9.79. The minimum absolute atomic E-state index is 0.0745. The van der Waals surface area contributed by atoms with Gasteiger partial charge in [-0.2, -0.15) is 0 Å². The molecule has 0 bridgehead atoms. The zero-order valence-corrected chi connectivity index (χ0v) is 19.1. The summed E-state index contributed by atoms with van der Waals surface area (Å²) in [6.45, 7) is 1.88. The van der Waals surface area contributed by atoms with E-state index in [0.717, 1.165) is 35.1 Å². The van der Waals surface area contributed by atoms with Gasteiger partial charge in [-0.1, -0.05) is 49.2 Å². The van der Waals surface area contributed by atoms with Crippen LogP contribution in [0.5, 0.6) is 0 Å². The summed E-state index contributed by atoms with van der Waals surface area (Å²) in [7, 11) is -4.37. The lowest BCUT2D eigenvalue weighted by atomic mass is 9.74. The maximum absolute atomic E-state index is 12.8. The van der Waals surface area contributed by atoms with Gasteiger partial charge in [-0.25, -0.2) is 8.42 Å². The maximum Gasteiger partial charge on any atom is 0.456 e. The lowest BCUT2D eigenvalue weighted by Gasteiger charge is -2.32. The molecule has 4 rings (SSSR count). The highest BCUT2D eigenvalue weighted by Gasteiger charge is 2.48. The summed E-state index contributed by atoms with van der Waals surface area (Å²) in [5, 5.41) is 18.9. The number of rotatable bonds is 8. The van der Waals surface area contributed by atoms with Gasteiger partial charge in [0.05, 0.1) is 17.1 Å². The molecule has 0 unspecified atom stereocenters. The molecule has 3 heterocycles. The molecule has 2 aromatic rings. The number of fused-ring (bicyclic) bond motifs is 1. The second-order valence-electron chi connectivity index (χ2n) is 8.46. The normalized spacial score (nSPS) is 23.0. The van der Waals surface area contributed by atoms with Gasteiger partial charge in [0.25, 0.3) is 0 Å². The van der Waals surface area contributed by atoms with Gasteiger partial charge in [0.1, 0.15) is 18.1 Å². The van der Waals surface area contributed by atoms with Gasteiger partial charge in [0.15, 0.2) is 9.84 Å². The molecule has 2 aliphatic heterocycles. The molecule has 1 aromatic heterocycles. The number of sulfone groups is 1. The highest BCUT2D eigenvalue weighted by atomic mass is 32.2. The average Bonchev–Trinajstić information content (AvgIpc) is 3.33. The average molecular weight is 456 g/mol. The Morgan fingerprint density at radius 3 is 2.69 bits per heavy atom. The fraction of sp³-hybridized carbons (Fsp3) is 0.417. The van der Waals surface area contributed by atoms with Crippen molar-refractivity contribution < 1.29 is 27.6 Å². The van der Waals surface area contributed by atoms with Gasteiger partial charge in [-0.05, 0) is 54.2 Å². The molecule has 2 N–H and O–H groups in total. The van der Waals surface area contributed by atoms with Crippen LogP contribution in [0.15, 0.2) is 58.0 Å². The minimum Gasteiger partial charge on any atom is -0.459 e. The van der Waals surface area contributed by atoms with Gasteiger partial charge in [-0.3, -0.25) is 0 Å². The van der Waals surface area contributed by atoms with E-state index in [-0.39, 0.29) is 18.7 Å². The van der Waals surface area contributed by atoms with Crippen molar-refractivity contribution in [2.45, 2.75) is 56.9 Å². The molecular formula is C24H29BO6S. The van der Waals surface area contributed by atoms with Crippen LogP contribution >= 0.6 is 0 Å². The first-order chi connectivity index (χ1) is 15.4. The Kier molecular flexibility index (Phi) is 7.05. The lowest BCUT2D eigenvalue weighted by Crippen LogP contribution is -2.41. The fourth-order valence-electron chi connectivity index (χ4n) is 4.77. The molecule has 1 aromatic carbocycles. The summed E-state index contributed by atoms with van der Waals surface area (Å²) in [4.78, 5) is 0. The first-order valence-corrected chi connectivity index (χ1v) is 12.8. The predicted octanol–water partition coefficient (Wildman–Crippen LogP) is 3.87. The van der Waals surface area contributed by atoms with E-state index in [9.17, 15) is 18.5 Å². The van der Waals surface area contributed by atoms with Crippen molar-refractivity contribution in [2.75, 3.05) is 5.75 Å². The smallest absolute Gasteiger partial charge is 0.456 e.